The lowest BCUT2D eigenvalue weighted by Gasteiger charge is -2.22. The highest BCUT2D eigenvalue weighted by molar-refractivity contribution is 6.08. The Labute approximate surface area is 247 Å². The van der Waals surface area contributed by atoms with E-state index in [4.69, 9.17) is 0 Å². The van der Waals surface area contributed by atoms with Gasteiger partial charge in [0.15, 0.2) is 5.78 Å². The second-order valence-corrected chi connectivity index (χ2v) is 10.3. The number of carbonyl (C=O) groups is 3. The van der Waals surface area contributed by atoms with Gasteiger partial charge in [0.05, 0.1) is 11.7 Å². The summed E-state index contributed by atoms with van der Waals surface area (Å²) in [4.78, 5) is 43.0. The molecule has 0 aliphatic carbocycles. The number of carbonyl (C=O) groups excluding carboxylic acids is 3. The highest BCUT2D eigenvalue weighted by Gasteiger charge is 2.24. The summed E-state index contributed by atoms with van der Waals surface area (Å²) in [6.45, 7) is 3.20. The van der Waals surface area contributed by atoms with Crippen molar-refractivity contribution in [3.8, 4) is 11.1 Å². The van der Waals surface area contributed by atoms with Crippen LogP contribution in [-0.4, -0.2) is 34.2 Å². The van der Waals surface area contributed by atoms with Crippen LogP contribution in [0.15, 0.2) is 85.1 Å². The predicted octanol–water partition coefficient (Wildman–Crippen LogP) is 5.95. The fourth-order valence-electron chi connectivity index (χ4n) is 5.55. The molecule has 9 heteroatoms. The molecule has 0 spiro atoms. The van der Waals surface area contributed by atoms with E-state index in [1.54, 1.807) is 49.0 Å². The van der Waals surface area contributed by atoms with Crippen LogP contribution in [0.3, 0.4) is 0 Å². The minimum atomic E-state index is -0.789. The van der Waals surface area contributed by atoms with Gasteiger partial charge in [-0.25, -0.2) is 8.78 Å². The largest absolute Gasteiger partial charge is 0.355 e. The van der Waals surface area contributed by atoms with Gasteiger partial charge >= 0.3 is 0 Å². The van der Waals surface area contributed by atoms with Crippen LogP contribution < -0.4 is 10.6 Å². The number of pyridine rings is 1. The number of ketones is 1. The molecule has 43 heavy (non-hydrogen) atoms. The number of hydrogen-bond donors (Lipinski definition) is 2. The lowest BCUT2D eigenvalue weighted by molar-refractivity contribution is -0.122. The molecule has 2 amide bonds. The molecule has 5 rings (SSSR count). The summed E-state index contributed by atoms with van der Waals surface area (Å²) in [5, 5.41) is 6.40. The summed E-state index contributed by atoms with van der Waals surface area (Å²) in [5.41, 5.74) is 4.54. The number of fused-ring (bicyclic) bond motifs is 1. The molecular weight excluding hydrogens is 550 g/mol. The van der Waals surface area contributed by atoms with Gasteiger partial charge in [0.2, 0.25) is 5.91 Å². The van der Waals surface area contributed by atoms with E-state index in [9.17, 15) is 23.2 Å². The molecule has 0 aliphatic rings. The fourth-order valence-corrected chi connectivity index (χ4v) is 5.55. The second-order valence-electron chi connectivity index (χ2n) is 10.3. The van der Waals surface area contributed by atoms with Crippen LogP contribution in [0, 0.1) is 18.6 Å². The summed E-state index contributed by atoms with van der Waals surface area (Å²) >= 11 is 0. The van der Waals surface area contributed by atoms with Crippen molar-refractivity contribution in [2.24, 2.45) is 0 Å². The van der Waals surface area contributed by atoms with Gasteiger partial charge in [-0.2, -0.15) is 0 Å². The zero-order valence-electron chi connectivity index (χ0n) is 23.9. The van der Waals surface area contributed by atoms with Crippen LogP contribution in [-0.2, 0) is 17.8 Å². The molecule has 0 unspecified atom stereocenters. The van der Waals surface area contributed by atoms with E-state index in [0.29, 0.717) is 39.2 Å². The Hall–Kier alpha value is -5.18. The van der Waals surface area contributed by atoms with Crippen LogP contribution in [0.2, 0.25) is 0 Å². The molecule has 218 valence electrons. The van der Waals surface area contributed by atoms with Crippen LogP contribution in [0.5, 0.6) is 0 Å². The minimum Gasteiger partial charge on any atom is -0.355 e. The quantitative estimate of drug-likeness (QED) is 0.211. The number of hydrogen-bond acceptors (Lipinski definition) is 4. The second kappa shape index (κ2) is 12.4. The smallest absolute Gasteiger partial charge is 0.251 e. The molecule has 2 aromatic heterocycles. The van der Waals surface area contributed by atoms with Crippen molar-refractivity contribution in [2.75, 3.05) is 7.05 Å². The molecule has 1 atom stereocenters. The Kier molecular flexibility index (Phi) is 8.43. The average Bonchev–Trinajstić information content (AvgIpc) is 3.26. The predicted molar refractivity (Wildman–Crippen MR) is 161 cm³/mol. The maximum Gasteiger partial charge on any atom is 0.251 e. The first-order valence-electron chi connectivity index (χ1n) is 13.8. The van der Waals surface area contributed by atoms with Crippen LogP contribution in [0.4, 0.5) is 8.78 Å². The molecule has 0 saturated heterocycles. The summed E-state index contributed by atoms with van der Waals surface area (Å²) in [6.07, 6.45) is 1.62. The number of Topliss-reactive ketones (excluding diaryl/α,β-unsaturated/α-hetero) is 1. The molecule has 0 aliphatic heterocycles. The Balaban J connectivity index is 1.55. The third kappa shape index (κ3) is 6.21. The maximum absolute atomic E-state index is 14.2. The zero-order valence-corrected chi connectivity index (χ0v) is 23.9. The fraction of sp³-hybridized carbons (Fsp3) is 0.176. The molecular formula is C34H30F2N4O3. The number of aromatic nitrogens is 2. The monoisotopic (exact) mass is 580 g/mol. The van der Waals surface area contributed by atoms with E-state index >= 15 is 0 Å². The van der Waals surface area contributed by atoms with E-state index in [-0.39, 0.29) is 30.6 Å². The van der Waals surface area contributed by atoms with E-state index in [0.717, 1.165) is 17.0 Å². The van der Waals surface area contributed by atoms with Gasteiger partial charge < -0.3 is 15.2 Å². The number of benzene rings is 3. The van der Waals surface area contributed by atoms with Gasteiger partial charge in [-0.3, -0.25) is 19.4 Å². The highest BCUT2D eigenvalue weighted by atomic mass is 19.1. The first-order chi connectivity index (χ1) is 20.7. The Morgan fingerprint density at radius 3 is 2.40 bits per heavy atom. The maximum atomic E-state index is 14.2. The molecule has 2 N–H and O–H groups in total. The van der Waals surface area contributed by atoms with Crippen molar-refractivity contribution >= 4 is 28.5 Å². The molecule has 7 nitrogen and oxygen atoms in total. The van der Waals surface area contributed by atoms with Crippen molar-refractivity contribution in [3.63, 3.8) is 0 Å². The Morgan fingerprint density at radius 2 is 1.67 bits per heavy atom. The van der Waals surface area contributed by atoms with Gasteiger partial charge in [-0.05, 0) is 67.8 Å². The molecule has 5 aromatic rings. The van der Waals surface area contributed by atoms with E-state index in [1.807, 2.05) is 36.4 Å². The number of halogens is 2. The van der Waals surface area contributed by atoms with Crippen molar-refractivity contribution < 1.29 is 23.2 Å². The third-order valence-electron chi connectivity index (χ3n) is 7.41. The highest BCUT2D eigenvalue weighted by Crippen LogP contribution is 2.31. The van der Waals surface area contributed by atoms with Crippen molar-refractivity contribution in [3.05, 3.63) is 125 Å². The molecule has 0 bridgehead atoms. The Morgan fingerprint density at radius 1 is 0.930 bits per heavy atom. The summed E-state index contributed by atoms with van der Waals surface area (Å²) in [6, 6.07) is 20.4. The molecule has 2 heterocycles. The number of amides is 2. The topological polar surface area (TPSA) is 93.1 Å². The SMILES string of the molecule is CNC(=O)c1cccc(-c2cccnc2[C@H](Cc2cc(F)cc(F)c2)NC(=O)Cn2c(C)c(C(C)=O)c3ccccc32)c1. The van der Waals surface area contributed by atoms with E-state index < -0.39 is 17.7 Å². The normalized spacial score (nSPS) is 11.7. The van der Waals surface area contributed by atoms with Gasteiger partial charge in [-0.15, -0.1) is 0 Å². The molecule has 3 aromatic carbocycles. The summed E-state index contributed by atoms with van der Waals surface area (Å²) in [7, 11) is 1.54. The lowest BCUT2D eigenvalue weighted by atomic mass is 9.94. The van der Waals surface area contributed by atoms with Gasteiger partial charge in [-0.1, -0.05) is 36.4 Å². The van der Waals surface area contributed by atoms with Crippen LogP contribution >= 0.6 is 0 Å². The minimum absolute atomic E-state index is 0.0453. The van der Waals surface area contributed by atoms with Crippen molar-refractivity contribution in [1.82, 2.24) is 20.2 Å². The van der Waals surface area contributed by atoms with Gasteiger partial charge in [0.1, 0.15) is 18.2 Å². The summed E-state index contributed by atoms with van der Waals surface area (Å²) in [5.74, 6) is -2.20. The first-order valence-corrected chi connectivity index (χ1v) is 13.8. The van der Waals surface area contributed by atoms with Crippen LogP contribution in [0.25, 0.3) is 22.0 Å². The first kappa shape index (κ1) is 29.3. The van der Waals surface area contributed by atoms with Crippen molar-refractivity contribution in [2.45, 2.75) is 32.9 Å². The molecule has 0 saturated carbocycles. The standard InChI is InChI=1S/C34H30F2N4O3/c1-20-32(21(2)41)28-10-4-5-12-30(28)40(20)19-31(42)39-29(16-22-14-25(35)18-26(36)15-22)33-27(11-7-13-38-33)23-8-6-9-24(17-23)34(43)37-3/h4-15,17-18,29H,16,19H2,1-3H3,(H,37,43)(H,39,42)/t29-/m0/s1. The average molecular weight is 581 g/mol. The number of nitrogens with one attached hydrogen (secondary N) is 2. The van der Waals surface area contributed by atoms with Crippen molar-refractivity contribution in [1.29, 1.82) is 0 Å². The van der Waals surface area contributed by atoms with E-state index in [1.165, 1.54) is 19.1 Å². The number of para-hydroxylation sites is 1. The third-order valence-corrected chi connectivity index (χ3v) is 7.41. The molecule has 0 fully saturated rings. The zero-order chi connectivity index (χ0) is 30.7. The van der Waals surface area contributed by atoms with Gasteiger partial charge in [0.25, 0.3) is 5.91 Å². The van der Waals surface area contributed by atoms with Gasteiger partial charge in [0, 0.05) is 52.6 Å². The Bertz CT molecular complexity index is 1840. The summed E-state index contributed by atoms with van der Waals surface area (Å²) < 4.78 is 30.1. The lowest BCUT2D eigenvalue weighted by Crippen LogP contribution is -2.34. The van der Waals surface area contributed by atoms with E-state index in [2.05, 4.69) is 15.6 Å². The van der Waals surface area contributed by atoms with Crippen LogP contribution in [0.1, 0.15) is 50.6 Å². The number of rotatable bonds is 9. The number of nitrogens with zero attached hydrogens (tertiary/aromatic N) is 2. The molecule has 0 radical (unpaired) electrons.